The van der Waals surface area contributed by atoms with E-state index >= 15 is 0 Å². The zero-order chi connectivity index (χ0) is 14.4. The number of furan rings is 1. The van der Waals surface area contributed by atoms with E-state index in [1.165, 1.54) is 0 Å². The fraction of sp³-hybridized carbons (Fsp3) is 0.188. The number of benzene rings is 1. The predicted octanol–water partition coefficient (Wildman–Crippen LogP) is 1.86. The lowest BCUT2D eigenvalue weighted by Crippen LogP contribution is -2.23. The van der Waals surface area contributed by atoms with Crippen LogP contribution in [0.5, 0.6) is 0 Å². The van der Waals surface area contributed by atoms with Crippen molar-refractivity contribution in [1.29, 1.82) is 0 Å². The first-order valence-corrected chi connectivity index (χ1v) is 6.23. The van der Waals surface area contributed by atoms with Crippen molar-refractivity contribution in [3.8, 4) is 11.8 Å². The molecule has 0 spiro atoms. The van der Waals surface area contributed by atoms with Crippen molar-refractivity contribution in [1.82, 2.24) is 5.32 Å². The van der Waals surface area contributed by atoms with Gasteiger partial charge in [-0.3, -0.25) is 4.79 Å². The second kappa shape index (κ2) is 6.60. The van der Waals surface area contributed by atoms with Crippen LogP contribution in [0.4, 0.5) is 0 Å². The summed E-state index contributed by atoms with van der Waals surface area (Å²) in [5.74, 6) is 6.60. The maximum absolute atomic E-state index is 12.1. The molecule has 0 atom stereocenters. The first-order valence-electron chi connectivity index (χ1n) is 6.23. The number of aryl methyl sites for hydroxylation is 1. The number of hydrogen-bond acceptors (Lipinski definition) is 3. The SMILES string of the molecule is Cc1ccc(CNC(=O)c2ccccc2C#CCO)o1. The molecule has 0 radical (unpaired) electrons. The average Bonchev–Trinajstić information content (AvgIpc) is 2.88. The Morgan fingerprint density at radius 1 is 1.30 bits per heavy atom. The van der Waals surface area contributed by atoms with E-state index in [4.69, 9.17) is 9.52 Å². The van der Waals surface area contributed by atoms with Crippen LogP contribution in [0.2, 0.25) is 0 Å². The number of carbonyl (C=O) groups is 1. The number of carbonyl (C=O) groups excluding carboxylic acids is 1. The summed E-state index contributed by atoms with van der Waals surface area (Å²) in [4.78, 5) is 12.1. The Morgan fingerprint density at radius 2 is 2.10 bits per heavy atom. The third-order valence-electron chi connectivity index (χ3n) is 2.69. The lowest BCUT2D eigenvalue weighted by molar-refractivity contribution is 0.0947. The number of aliphatic hydroxyl groups excluding tert-OH is 1. The molecule has 20 heavy (non-hydrogen) atoms. The maximum atomic E-state index is 12.1. The van der Waals surface area contributed by atoms with Gasteiger partial charge in [0, 0.05) is 5.56 Å². The van der Waals surface area contributed by atoms with Gasteiger partial charge >= 0.3 is 0 Å². The number of hydrogen-bond donors (Lipinski definition) is 2. The number of aliphatic hydroxyl groups is 1. The first-order chi connectivity index (χ1) is 9.70. The Balaban J connectivity index is 2.09. The highest BCUT2D eigenvalue weighted by Gasteiger charge is 2.10. The molecule has 102 valence electrons. The van der Waals surface area contributed by atoms with E-state index in [0.29, 0.717) is 23.4 Å². The molecule has 2 N–H and O–H groups in total. The van der Waals surface area contributed by atoms with E-state index in [9.17, 15) is 4.79 Å². The van der Waals surface area contributed by atoms with Crippen molar-refractivity contribution in [3.63, 3.8) is 0 Å². The lowest BCUT2D eigenvalue weighted by Gasteiger charge is -2.05. The molecule has 1 aromatic carbocycles. The fourth-order valence-electron chi connectivity index (χ4n) is 1.77. The highest BCUT2D eigenvalue weighted by Crippen LogP contribution is 2.09. The quantitative estimate of drug-likeness (QED) is 0.836. The second-order valence-electron chi connectivity index (χ2n) is 4.20. The van der Waals surface area contributed by atoms with Gasteiger partial charge in [0.15, 0.2) is 0 Å². The van der Waals surface area contributed by atoms with Crippen LogP contribution in [0.25, 0.3) is 0 Å². The maximum Gasteiger partial charge on any atom is 0.252 e. The summed E-state index contributed by atoms with van der Waals surface area (Å²) >= 11 is 0. The van der Waals surface area contributed by atoms with Gasteiger partial charge in [0.1, 0.15) is 18.1 Å². The molecular weight excluding hydrogens is 254 g/mol. The third kappa shape index (κ3) is 3.50. The van der Waals surface area contributed by atoms with Gasteiger partial charge < -0.3 is 14.8 Å². The van der Waals surface area contributed by atoms with Gasteiger partial charge in [-0.15, -0.1) is 0 Å². The Kier molecular flexibility index (Phi) is 4.59. The van der Waals surface area contributed by atoms with Crippen molar-refractivity contribution in [2.45, 2.75) is 13.5 Å². The summed E-state index contributed by atoms with van der Waals surface area (Å²) in [7, 11) is 0. The van der Waals surface area contributed by atoms with Crippen LogP contribution < -0.4 is 5.32 Å². The molecule has 1 aromatic heterocycles. The fourth-order valence-corrected chi connectivity index (χ4v) is 1.77. The molecule has 1 heterocycles. The van der Waals surface area contributed by atoms with Crippen molar-refractivity contribution >= 4 is 5.91 Å². The molecule has 0 saturated heterocycles. The van der Waals surface area contributed by atoms with Crippen molar-refractivity contribution in [3.05, 3.63) is 59.0 Å². The molecule has 0 aliphatic rings. The Morgan fingerprint density at radius 3 is 2.80 bits per heavy atom. The van der Waals surface area contributed by atoms with Crippen LogP contribution >= 0.6 is 0 Å². The molecular formula is C16H15NO3. The predicted molar refractivity (Wildman–Crippen MR) is 75.0 cm³/mol. The topological polar surface area (TPSA) is 62.5 Å². The lowest BCUT2D eigenvalue weighted by atomic mass is 10.1. The van der Waals surface area contributed by atoms with Gasteiger partial charge in [-0.05, 0) is 31.2 Å². The molecule has 0 aliphatic carbocycles. The molecule has 0 bridgehead atoms. The summed E-state index contributed by atoms with van der Waals surface area (Å²) in [6.45, 7) is 1.95. The number of rotatable bonds is 3. The standard InChI is InChI=1S/C16H15NO3/c1-12-8-9-14(20-12)11-17-16(19)15-7-3-2-5-13(15)6-4-10-18/h2-3,5,7-9,18H,10-11H2,1H3,(H,17,19). The van der Waals surface area contributed by atoms with Gasteiger partial charge in [-0.1, -0.05) is 24.0 Å². The van der Waals surface area contributed by atoms with Crippen LogP contribution in [0.1, 0.15) is 27.4 Å². The van der Waals surface area contributed by atoms with Crippen LogP contribution in [0.3, 0.4) is 0 Å². The molecule has 0 unspecified atom stereocenters. The zero-order valence-electron chi connectivity index (χ0n) is 11.1. The van der Waals surface area contributed by atoms with E-state index < -0.39 is 0 Å². The van der Waals surface area contributed by atoms with E-state index in [1.54, 1.807) is 24.3 Å². The normalized spacial score (nSPS) is 9.70. The van der Waals surface area contributed by atoms with Gasteiger partial charge in [-0.2, -0.15) is 0 Å². The average molecular weight is 269 g/mol. The number of amides is 1. The molecule has 1 amide bonds. The van der Waals surface area contributed by atoms with Crippen LogP contribution in [-0.2, 0) is 6.54 Å². The van der Waals surface area contributed by atoms with Crippen molar-refractivity contribution < 1.29 is 14.3 Å². The summed E-state index contributed by atoms with van der Waals surface area (Å²) in [5, 5.41) is 11.5. The van der Waals surface area contributed by atoms with Gasteiger partial charge in [-0.25, -0.2) is 0 Å². The van der Waals surface area contributed by atoms with E-state index in [1.807, 2.05) is 19.1 Å². The molecule has 2 rings (SSSR count). The highest BCUT2D eigenvalue weighted by molar-refractivity contribution is 5.96. The van der Waals surface area contributed by atoms with Crippen molar-refractivity contribution in [2.75, 3.05) is 6.61 Å². The molecule has 4 heteroatoms. The third-order valence-corrected chi connectivity index (χ3v) is 2.69. The molecule has 4 nitrogen and oxygen atoms in total. The summed E-state index contributed by atoms with van der Waals surface area (Å²) in [6, 6.07) is 10.7. The van der Waals surface area contributed by atoms with Crippen molar-refractivity contribution in [2.24, 2.45) is 0 Å². The second-order valence-corrected chi connectivity index (χ2v) is 4.20. The minimum Gasteiger partial charge on any atom is -0.465 e. The minimum absolute atomic E-state index is 0.220. The van der Waals surface area contributed by atoms with Crippen LogP contribution in [0.15, 0.2) is 40.8 Å². The summed E-state index contributed by atoms with van der Waals surface area (Å²) < 4.78 is 5.39. The summed E-state index contributed by atoms with van der Waals surface area (Å²) in [5.41, 5.74) is 1.08. The highest BCUT2D eigenvalue weighted by atomic mass is 16.3. The van der Waals surface area contributed by atoms with Gasteiger partial charge in [0.2, 0.25) is 0 Å². The minimum atomic E-state index is -0.234. The Hall–Kier alpha value is -2.51. The zero-order valence-corrected chi connectivity index (χ0v) is 11.1. The largest absolute Gasteiger partial charge is 0.465 e. The molecule has 0 saturated carbocycles. The Labute approximate surface area is 117 Å². The number of nitrogens with one attached hydrogen (secondary N) is 1. The van der Waals surface area contributed by atoms with Crippen LogP contribution in [-0.4, -0.2) is 17.6 Å². The first kappa shape index (κ1) is 13.9. The van der Waals surface area contributed by atoms with Gasteiger partial charge in [0.05, 0.1) is 12.1 Å². The monoisotopic (exact) mass is 269 g/mol. The van der Waals surface area contributed by atoms with E-state index in [2.05, 4.69) is 17.2 Å². The Bertz CT molecular complexity index is 662. The van der Waals surface area contributed by atoms with Crippen LogP contribution in [0, 0.1) is 18.8 Å². The van der Waals surface area contributed by atoms with E-state index in [-0.39, 0.29) is 12.5 Å². The molecule has 2 aromatic rings. The molecule has 0 fully saturated rings. The van der Waals surface area contributed by atoms with E-state index in [0.717, 1.165) is 5.76 Å². The summed E-state index contributed by atoms with van der Waals surface area (Å²) in [6.07, 6.45) is 0. The smallest absolute Gasteiger partial charge is 0.252 e. The molecule has 0 aliphatic heterocycles. The van der Waals surface area contributed by atoms with Gasteiger partial charge in [0.25, 0.3) is 5.91 Å².